The third-order valence-corrected chi connectivity index (χ3v) is 6.54. The largest absolute Gasteiger partial charge is 0.493 e. The number of sulfone groups is 1. The highest BCUT2D eigenvalue weighted by atomic mass is 32.2. The summed E-state index contributed by atoms with van der Waals surface area (Å²) in [6.07, 6.45) is 2.32. The maximum absolute atomic E-state index is 12.4. The van der Waals surface area contributed by atoms with Crippen LogP contribution in [0.25, 0.3) is 0 Å². The van der Waals surface area contributed by atoms with Crippen molar-refractivity contribution >= 4 is 21.7 Å². The van der Waals surface area contributed by atoms with Gasteiger partial charge >= 0.3 is 5.97 Å². The van der Waals surface area contributed by atoms with Gasteiger partial charge in [-0.2, -0.15) is 0 Å². The summed E-state index contributed by atoms with van der Waals surface area (Å²) >= 11 is 0. The number of hydrogen-bond acceptors (Lipinski definition) is 7. The zero-order valence-electron chi connectivity index (χ0n) is 17.2. The lowest BCUT2D eigenvalue weighted by Crippen LogP contribution is -2.43. The Labute approximate surface area is 172 Å². The first-order valence-corrected chi connectivity index (χ1v) is 11.6. The fourth-order valence-corrected chi connectivity index (χ4v) is 4.92. The van der Waals surface area contributed by atoms with Crippen LogP contribution in [-0.4, -0.2) is 69.6 Å². The predicted octanol–water partition coefficient (Wildman–Crippen LogP) is 2.07. The molecule has 1 fully saturated rings. The van der Waals surface area contributed by atoms with E-state index in [1.807, 2.05) is 0 Å². The second-order valence-corrected chi connectivity index (χ2v) is 9.11. The third-order valence-electron chi connectivity index (χ3n) is 4.79. The van der Waals surface area contributed by atoms with Crippen molar-refractivity contribution in [3.63, 3.8) is 0 Å². The molecule has 1 aliphatic rings. The van der Waals surface area contributed by atoms with Gasteiger partial charge in [-0.3, -0.25) is 4.79 Å². The van der Waals surface area contributed by atoms with Gasteiger partial charge in [0, 0.05) is 12.6 Å². The topological polar surface area (TPSA) is 99.2 Å². The first kappa shape index (κ1) is 23.0. The van der Waals surface area contributed by atoms with E-state index in [0.29, 0.717) is 31.1 Å². The number of ether oxygens (including phenoxy) is 3. The number of carbonyl (C=O) groups excluding carboxylic acids is 2. The number of esters is 1. The number of rotatable bonds is 10. The summed E-state index contributed by atoms with van der Waals surface area (Å²) in [5.41, 5.74) is 0.240. The number of hydrogen-bond donors (Lipinski definition) is 0. The number of nitrogens with zero attached hydrogens (tertiary/aromatic N) is 1. The van der Waals surface area contributed by atoms with Crippen molar-refractivity contribution in [1.82, 2.24) is 4.90 Å². The van der Waals surface area contributed by atoms with Gasteiger partial charge in [0.1, 0.15) is 0 Å². The average Bonchev–Trinajstić information content (AvgIpc) is 3.06. The molecule has 0 spiro atoms. The summed E-state index contributed by atoms with van der Waals surface area (Å²) in [5.74, 6) is -0.0898. The van der Waals surface area contributed by atoms with Gasteiger partial charge in [0.2, 0.25) is 0 Å². The Bertz CT molecular complexity index is 822. The lowest BCUT2D eigenvalue weighted by Gasteiger charge is -2.26. The standard InChI is InChI=1S/C20H29NO7S/c1-4-6-10-27-17-8-7-15(12-18(17)26-3)20(23)28-13-19(22)21(5-2)16-9-11-29(24,25)14-16/h7-8,12,16H,4-6,9-11,13-14H2,1-3H3. The Morgan fingerprint density at radius 3 is 2.55 bits per heavy atom. The Kier molecular flexibility index (Phi) is 8.31. The minimum Gasteiger partial charge on any atom is -0.493 e. The number of methoxy groups -OCH3 is 1. The third kappa shape index (κ3) is 6.35. The van der Waals surface area contributed by atoms with Crippen molar-refractivity contribution in [3.05, 3.63) is 23.8 Å². The SMILES string of the molecule is CCCCOc1ccc(C(=O)OCC(=O)N(CC)C2CCS(=O)(=O)C2)cc1OC. The molecule has 0 aromatic heterocycles. The molecule has 0 aliphatic carbocycles. The number of likely N-dealkylation sites (N-methyl/N-ethyl adjacent to an activating group) is 1. The number of amides is 1. The molecule has 1 aromatic carbocycles. The second-order valence-electron chi connectivity index (χ2n) is 6.88. The van der Waals surface area contributed by atoms with Crippen LogP contribution in [0.4, 0.5) is 0 Å². The van der Waals surface area contributed by atoms with E-state index in [1.54, 1.807) is 19.1 Å². The monoisotopic (exact) mass is 427 g/mol. The summed E-state index contributed by atoms with van der Waals surface area (Å²) in [7, 11) is -1.62. The van der Waals surface area contributed by atoms with Gasteiger partial charge in [0.05, 0.1) is 30.8 Å². The molecule has 1 aromatic rings. The van der Waals surface area contributed by atoms with Crippen molar-refractivity contribution in [1.29, 1.82) is 0 Å². The molecule has 1 heterocycles. The molecule has 1 amide bonds. The number of unbranched alkanes of at least 4 members (excludes halogenated alkanes) is 1. The van der Waals surface area contributed by atoms with Gasteiger partial charge in [-0.1, -0.05) is 13.3 Å². The summed E-state index contributed by atoms with van der Waals surface area (Å²) < 4.78 is 39.4. The van der Waals surface area contributed by atoms with E-state index in [-0.39, 0.29) is 23.1 Å². The minimum atomic E-state index is -3.11. The molecule has 1 unspecified atom stereocenters. The smallest absolute Gasteiger partial charge is 0.338 e. The maximum Gasteiger partial charge on any atom is 0.338 e. The molecule has 1 atom stereocenters. The molecular weight excluding hydrogens is 398 g/mol. The van der Waals surface area contributed by atoms with Crippen molar-refractivity contribution in [2.24, 2.45) is 0 Å². The van der Waals surface area contributed by atoms with Crippen LogP contribution in [-0.2, 0) is 19.4 Å². The summed E-state index contributed by atoms with van der Waals surface area (Å²) in [6.45, 7) is 4.29. The van der Waals surface area contributed by atoms with Gasteiger partial charge in [0.15, 0.2) is 27.9 Å². The van der Waals surface area contributed by atoms with Crippen LogP contribution in [0.1, 0.15) is 43.5 Å². The van der Waals surface area contributed by atoms with E-state index >= 15 is 0 Å². The molecule has 1 saturated heterocycles. The van der Waals surface area contributed by atoms with E-state index in [0.717, 1.165) is 12.8 Å². The molecule has 2 rings (SSSR count). The fourth-order valence-electron chi connectivity index (χ4n) is 3.19. The highest BCUT2D eigenvalue weighted by molar-refractivity contribution is 7.91. The van der Waals surface area contributed by atoms with Crippen LogP contribution in [0.15, 0.2) is 18.2 Å². The van der Waals surface area contributed by atoms with E-state index < -0.39 is 28.3 Å². The van der Waals surface area contributed by atoms with Crippen LogP contribution in [0.5, 0.6) is 11.5 Å². The molecule has 0 radical (unpaired) electrons. The Morgan fingerprint density at radius 2 is 1.97 bits per heavy atom. The molecule has 1 aliphatic heterocycles. The number of benzene rings is 1. The first-order valence-electron chi connectivity index (χ1n) is 9.79. The zero-order chi connectivity index (χ0) is 21.4. The van der Waals surface area contributed by atoms with Crippen LogP contribution >= 0.6 is 0 Å². The highest BCUT2D eigenvalue weighted by Crippen LogP contribution is 2.28. The second kappa shape index (κ2) is 10.5. The van der Waals surface area contributed by atoms with Gasteiger partial charge in [-0.15, -0.1) is 0 Å². The molecule has 0 bridgehead atoms. The molecule has 29 heavy (non-hydrogen) atoms. The molecule has 8 nitrogen and oxygen atoms in total. The molecular formula is C20H29NO7S. The van der Waals surface area contributed by atoms with Crippen molar-refractivity contribution in [3.8, 4) is 11.5 Å². The van der Waals surface area contributed by atoms with Crippen molar-refractivity contribution in [2.75, 3.05) is 38.4 Å². The normalized spacial score (nSPS) is 17.6. The van der Waals surface area contributed by atoms with Gasteiger partial charge in [-0.05, 0) is 38.0 Å². The Hall–Kier alpha value is -2.29. The lowest BCUT2D eigenvalue weighted by atomic mass is 10.2. The van der Waals surface area contributed by atoms with Crippen LogP contribution in [0.2, 0.25) is 0 Å². The van der Waals surface area contributed by atoms with Crippen molar-refractivity contribution < 1.29 is 32.2 Å². The van der Waals surface area contributed by atoms with E-state index in [2.05, 4.69) is 6.92 Å². The van der Waals surface area contributed by atoms with Crippen LogP contribution in [0.3, 0.4) is 0 Å². The summed E-state index contributed by atoms with van der Waals surface area (Å²) in [5, 5.41) is 0. The fraction of sp³-hybridized carbons (Fsp3) is 0.600. The average molecular weight is 428 g/mol. The van der Waals surface area contributed by atoms with Gasteiger partial charge in [0.25, 0.3) is 5.91 Å². The Morgan fingerprint density at radius 1 is 1.21 bits per heavy atom. The maximum atomic E-state index is 12.4. The zero-order valence-corrected chi connectivity index (χ0v) is 18.0. The molecule has 0 N–H and O–H groups in total. The Balaban J connectivity index is 1.96. The van der Waals surface area contributed by atoms with Crippen LogP contribution in [0, 0.1) is 0 Å². The van der Waals surface area contributed by atoms with Crippen molar-refractivity contribution in [2.45, 2.75) is 39.2 Å². The summed E-state index contributed by atoms with van der Waals surface area (Å²) in [4.78, 5) is 26.2. The van der Waals surface area contributed by atoms with E-state index in [4.69, 9.17) is 14.2 Å². The number of carbonyl (C=O) groups is 2. The molecule has 162 valence electrons. The van der Waals surface area contributed by atoms with Gasteiger partial charge in [-0.25, -0.2) is 13.2 Å². The lowest BCUT2D eigenvalue weighted by molar-refractivity contribution is -0.136. The van der Waals surface area contributed by atoms with Gasteiger partial charge < -0.3 is 19.1 Å². The van der Waals surface area contributed by atoms with E-state index in [1.165, 1.54) is 18.1 Å². The summed E-state index contributed by atoms with van der Waals surface area (Å²) in [6, 6.07) is 4.33. The van der Waals surface area contributed by atoms with Crippen LogP contribution < -0.4 is 9.47 Å². The highest BCUT2D eigenvalue weighted by Gasteiger charge is 2.34. The van der Waals surface area contributed by atoms with E-state index in [9.17, 15) is 18.0 Å². The molecule has 9 heteroatoms. The minimum absolute atomic E-state index is 0.0444. The molecule has 0 saturated carbocycles. The quantitative estimate of drug-likeness (QED) is 0.416. The predicted molar refractivity (Wildman–Crippen MR) is 108 cm³/mol. The first-order chi connectivity index (χ1) is 13.8.